The molecule has 0 bridgehead atoms. The molecule has 3 rings (SSSR count). The van der Waals surface area contributed by atoms with Crippen LogP contribution in [0.2, 0.25) is 0 Å². The second-order valence-corrected chi connectivity index (χ2v) is 6.37. The fraction of sp³-hybridized carbons (Fsp3) is 0.381. The standard InChI is InChI=1S/C21H24O3/c1-23-21-14-17(13-18-9-5-6-10-19(18)22)11-12-20(21)24-15-16-7-3-2-4-8-16/h2-4,7-8,11-12,14,18H,5-6,9-10,13,15H2,1H3. The van der Waals surface area contributed by atoms with Crippen molar-refractivity contribution in [2.24, 2.45) is 5.92 Å². The zero-order valence-electron chi connectivity index (χ0n) is 14.2. The molecule has 2 aromatic rings. The highest BCUT2D eigenvalue weighted by molar-refractivity contribution is 5.81. The Morgan fingerprint density at radius 1 is 1.00 bits per heavy atom. The topological polar surface area (TPSA) is 35.5 Å². The normalized spacial score (nSPS) is 17.5. The van der Waals surface area contributed by atoms with Crippen molar-refractivity contribution in [3.8, 4) is 11.5 Å². The van der Waals surface area contributed by atoms with Gasteiger partial charge in [0.25, 0.3) is 0 Å². The SMILES string of the molecule is COc1cc(CC2CCCCC2=O)ccc1OCc1ccccc1. The second-order valence-electron chi connectivity index (χ2n) is 6.37. The minimum atomic E-state index is 0.166. The predicted molar refractivity (Wildman–Crippen MR) is 94.4 cm³/mol. The number of hydrogen-bond acceptors (Lipinski definition) is 3. The van der Waals surface area contributed by atoms with Crippen LogP contribution in [-0.4, -0.2) is 12.9 Å². The fourth-order valence-electron chi connectivity index (χ4n) is 3.25. The van der Waals surface area contributed by atoms with Gasteiger partial charge in [-0.05, 0) is 42.5 Å². The molecule has 3 heteroatoms. The van der Waals surface area contributed by atoms with Crippen molar-refractivity contribution < 1.29 is 14.3 Å². The summed E-state index contributed by atoms with van der Waals surface area (Å²) in [5.41, 5.74) is 2.26. The van der Waals surface area contributed by atoms with E-state index in [9.17, 15) is 4.79 Å². The van der Waals surface area contributed by atoms with E-state index in [2.05, 4.69) is 0 Å². The summed E-state index contributed by atoms with van der Waals surface area (Å²) < 4.78 is 11.4. The second kappa shape index (κ2) is 8.00. The van der Waals surface area contributed by atoms with Crippen LogP contribution < -0.4 is 9.47 Å². The first-order valence-corrected chi connectivity index (χ1v) is 8.62. The van der Waals surface area contributed by atoms with Gasteiger partial charge in [-0.1, -0.05) is 42.8 Å². The zero-order valence-corrected chi connectivity index (χ0v) is 14.2. The molecule has 24 heavy (non-hydrogen) atoms. The molecule has 126 valence electrons. The molecule has 2 aromatic carbocycles. The van der Waals surface area contributed by atoms with Crippen LogP contribution in [0.5, 0.6) is 11.5 Å². The predicted octanol–water partition coefficient (Wildman–Crippen LogP) is 4.58. The van der Waals surface area contributed by atoms with Crippen molar-refractivity contribution in [2.45, 2.75) is 38.7 Å². The van der Waals surface area contributed by atoms with E-state index in [-0.39, 0.29) is 5.92 Å². The van der Waals surface area contributed by atoms with Crippen LogP contribution >= 0.6 is 0 Å². The highest BCUT2D eigenvalue weighted by Crippen LogP contribution is 2.31. The quantitative estimate of drug-likeness (QED) is 0.780. The van der Waals surface area contributed by atoms with E-state index < -0.39 is 0 Å². The summed E-state index contributed by atoms with van der Waals surface area (Å²) in [7, 11) is 1.65. The van der Waals surface area contributed by atoms with Crippen molar-refractivity contribution in [1.82, 2.24) is 0 Å². The largest absolute Gasteiger partial charge is 0.493 e. The lowest BCUT2D eigenvalue weighted by atomic mass is 9.84. The minimum Gasteiger partial charge on any atom is -0.493 e. The summed E-state index contributed by atoms with van der Waals surface area (Å²) in [6.45, 7) is 0.512. The Kier molecular flexibility index (Phi) is 5.52. The van der Waals surface area contributed by atoms with Gasteiger partial charge in [-0.25, -0.2) is 0 Å². The van der Waals surface area contributed by atoms with Gasteiger partial charge in [-0.3, -0.25) is 4.79 Å². The number of rotatable bonds is 6. The van der Waals surface area contributed by atoms with Gasteiger partial charge < -0.3 is 9.47 Å². The Morgan fingerprint density at radius 2 is 1.83 bits per heavy atom. The number of benzene rings is 2. The maximum atomic E-state index is 12.0. The number of Topliss-reactive ketones (excluding diaryl/α,β-unsaturated/α-hetero) is 1. The van der Waals surface area contributed by atoms with Crippen molar-refractivity contribution in [3.63, 3.8) is 0 Å². The van der Waals surface area contributed by atoms with Crippen LogP contribution in [0.15, 0.2) is 48.5 Å². The van der Waals surface area contributed by atoms with Gasteiger partial charge in [-0.15, -0.1) is 0 Å². The Morgan fingerprint density at radius 3 is 2.58 bits per heavy atom. The molecule has 0 amide bonds. The zero-order chi connectivity index (χ0) is 16.8. The number of methoxy groups -OCH3 is 1. The average molecular weight is 324 g/mol. The molecule has 0 N–H and O–H groups in total. The number of ketones is 1. The van der Waals surface area contributed by atoms with Gasteiger partial charge in [0.05, 0.1) is 7.11 Å². The van der Waals surface area contributed by atoms with Crippen LogP contribution in [0.4, 0.5) is 0 Å². The minimum absolute atomic E-state index is 0.166. The van der Waals surface area contributed by atoms with E-state index in [0.29, 0.717) is 12.4 Å². The Bertz CT molecular complexity index is 679. The molecule has 1 aliphatic rings. The van der Waals surface area contributed by atoms with Gasteiger partial charge in [-0.2, -0.15) is 0 Å². The van der Waals surface area contributed by atoms with E-state index in [0.717, 1.165) is 54.7 Å². The maximum Gasteiger partial charge on any atom is 0.161 e. The highest BCUT2D eigenvalue weighted by atomic mass is 16.5. The molecule has 0 aromatic heterocycles. The van der Waals surface area contributed by atoms with Crippen LogP contribution in [0.25, 0.3) is 0 Å². The molecule has 0 heterocycles. The van der Waals surface area contributed by atoms with Gasteiger partial charge >= 0.3 is 0 Å². The molecule has 1 unspecified atom stereocenters. The molecule has 1 atom stereocenters. The molecule has 1 fully saturated rings. The van der Waals surface area contributed by atoms with E-state index in [1.165, 1.54) is 0 Å². The first-order valence-electron chi connectivity index (χ1n) is 8.62. The third-order valence-electron chi connectivity index (χ3n) is 4.63. The number of ether oxygens (including phenoxy) is 2. The number of carbonyl (C=O) groups is 1. The molecular weight excluding hydrogens is 300 g/mol. The van der Waals surface area contributed by atoms with Crippen molar-refractivity contribution in [3.05, 3.63) is 59.7 Å². The van der Waals surface area contributed by atoms with Gasteiger partial charge in [0, 0.05) is 12.3 Å². The lowest BCUT2D eigenvalue weighted by Crippen LogP contribution is -2.21. The highest BCUT2D eigenvalue weighted by Gasteiger charge is 2.22. The number of carbonyl (C=O) groups excluding carboxylic acids is 1. The first-order chi connectivity index (χ1) is 11.8. The van der Waals surface area contributed by atoms with Gasteiger partial charge in [0.2, 0.25) is 0 Å². The maximum absolute atomic E-state index is 12.0. The summed E-state index contributed by atoms with van der Waals surface area (Å²) in [4.78, 5) is 12.0. The molecular formula is C21H24O3. The average Bonchev–Trinajstić information content (AvgIpc) is 2.63. The number of hydrogen-bond donors (Lipinski definition) is 0. The van der Waals surface area contributed by atoms with Crippen molar-refractivity contribution >= 4 is 5.78 Å². The molecule has 0 spiro atoms. The van der Waals surface area contributed by atoms with Crippen LogP contribution in [-0.2, 0) is 17.8 Å². The summed E-state index contributed by atoms with van der Waals surface area (Å²) in [5.74, 6) is 2.04. The van der Waals surface area contributed by atoms with Crippen LogP contribution in [0.1, 0.15) is 36.8 Å². The monoisotopic (exact) mass is 324 g/mol. The van der Waals surface area contributed by atoms with E-state index in [1.54, 1.807) is 7.11 Å². The third-order valence-corrected chi connectivity index (χ3v) is 4.63. The van der Waals surface area contributed by atoms with E-state index in [1.807, 2.05) is 48.5 Å². The summed E-state index contributed by atoms with van der Waals surface area (Å²) in [6.07, 6.45) is 4.75. The van der Waals surface area contributed by atoms with E-state index >= 15 is 0 Å². The fourth-order valence-corrected chi connectivity index (χ4v) is 3.25. The van der Waals surface area contributed by atoms with E-state index in [4.69, 9.17) is 9.47 Å². The summed E-state index contributed by atoms with van der Waals surface area (Å²) in [6, 6.07) is 16.1. The molecule has 1 aliphatic carbocycles. The molecule has 0 radical (unpaired) electrons. The smallest absolute Gasteiger partial charge is 0.161 e. The summed E-state index contributed by atoms with van der Waals surface area (Å²) >= 11 is 0. The Labute approximate surface area is 143 Å². The molecule has 1 saturated carbocycles. The third kappa shape index (κ3) is 4.16. The summed E-state index contributed by atoms with van der Waals surface area (Å²) in [5, 5.41) is 0. The molecule has 3 nitrogen and oxygen atoms in total. The first kappa shape index (κ1) is 16.6. The lowest BCUT2D eigenvalue weighted by molar-refractivity contribution is -0.124. The Balaban J connectivity index is 1.67. The van der Waals surface area contributed by atoms with Crippen LogP contribution in [0.3, 0.4) is 0 Å². The Hall–Kier alpha value is -2.29. The molecule has 0 aliphatic heterocycles. The van der Waals surface area contributed by atoms with Crippen molar-refractivity contribution in [1.29, 1.82) is 0 Å². The van der Waals surface area contributed by atoms with Crippen molar-refractivity contribution in [2.75, 3.05) is 7.11 Å². The van der Waals surface area contributed by atoms with Gasteiger partial charge in [0.15, 0.2) is 11.5 Å². The van der Waals surface area contributed by atoms with Gasteiger partial charge in [0.1, 0.15) is 12.4 Å². The lowest BCUT2D eigenvalue weighted by Gasteiger charge is -2.21. The van der Waals surface area contributed by atoms with Crippen LogP contribution in [0, 0.1) is 5.92 Å². The molecule has 0 saturated heterocycles.